The van der Waals surface area contributed by atoms with E-state index < -0.39 is 5.60 Å². The number of hydrogen-bond donors (Lipinski definition) is 1. The van der Waals surface area contributed by atoms with Gasteiger partial charge in [-0.15, -0.1) is 0 Å². The first-order valence-electron chi connectivity index (χ1n) is 4.05. The quantitative estimate of drug-likeness (QED) is 0.649. The summed E-state index contributed by atoms with van der Waals surface area (Å²) < 4.78 is 5.41. The molecule has 1 aliphatic rings. The Morgan fingerprint density at radius 1 is 1.54 bits per heavy atom. The molecule has 0 bridgehead atoms. The van der Waals surface area contributed by atoms with E-state index in [2.05, 4.69) is 10.3 Å². The fourth-order valence-electron chi connectivity index (χ4n) is 1.13. The van der Waals surface area contributed by atoms with E-state index in [-0.39, 0.29) is 5.91 Å². The van der Waals surface area contributed by atoms with Crippen LogP contribution in [0.4, 0.5) is 5.69 Å². The minimum Gasteiger partial charge on any atom is -0.460 e. The van der Waals surface area contributed by atoms with Crippen LogP contribution in [0.1, 0.15) is 13.8 Å². The number of nitrogens with one attached hydrogen (secondary N) is 1. The first-order chi connectivity index (χ1) is 6.09. The second kappa shape index (κ2) is 2.45. The SMILES string of the molecule is CC1(C)Oc2ncccc2NC1=O. The molecule has 68 valence electrons. The van der Waals surface area contributed by atoms with Crippen molar-refractivity contribution in [3.05, 3.63) is 18.3 Å². The number of fused-ring (bicyclic) bond motifs is 1. The van der Waals surface area contributed by atoms with Crippen LogP contribution in [0, 0.1) is 0 Å². The highest BCUT2D eigenvalue weighted by Crippen LogP contribution is 2.30. The third kappa shape index (κ3) is 1.24. The molecule has 1 amide bonds. The van der Waals surface area contributed by atoms with E-state index in [0.717, 1.165) is 0 Å². The number of pyridine rings is 1. The lowest BCUT2D eigenvalue weighted by atomic mass is 10.1. The Morgan fingerprint density at radius 2 is 2.31 bits per heavy atom. The monoisotopic (exact) mass is 178 g/mol. The van der Waals surface area contributed by atoms with Crippen molar-refractivity contribution in [1.29, 1.82) is 0 Å². The van der Waals surface area contributed by atoms with Gasteiger partial charge in [-0.1, -0.05) is 0 Å². The van der Waals surface area contributed by atoms with Gasteiger partial charge in [-0.3, -0.25) is 4.79 Å². The summed E-state index contributed by atoms with van der Waals surface area (Å²) in [7, 11) is 0. The standard InChI is InChI=1S/C9H10N2O2/c1-9(2)8(12)11-6-4-3-5-10-7(6)13-9/h3-5H,1-2H3,(H,11,12). The minimum absolute atomic E-state index is 0.145. The molecule has 0 radical (unpaired) electrons. The number of hydrogen-bond acceptors (Lipinski definition) is 3. The van der Waals surface area contributed by atoms with Gasteiger partial charge in [0, 0.05) is 6.20 Å². The first kappa shape index (κ1) is 8.04. The van der Waals surface area contributed by atoms with E-state index >= 15 is 0 Å². The van der Waals surface area contributed by atoms with E-state index in [1.807, 2.05) is 0 Å². The molecule has 13 heavy (non-hydrogen) atoms. The fourth-order valence-corrected chi connectivity index (χ4v) is 1.13. The highest BCUT2D eigenvalue weighted by atomic mass is 16.5. The lowest BCUT2D eigenvalue weighted by Gasteiger charge is -2.30. The average Bonchev–Trinajstić information content (AvgIpc) is 2.06. The van der Waals surface area contributed by atoms with E-state index in [0.29, 0.717) is 11.6 Å². The molecule has 0 aliphatic carbocycles. The number of carbonyl (C=O) groups is 1. The van der Waals surface area contributed by atoms with Crippen molar-refractivity contribution in [1.82, 2.24) is 4.98 Å². The Hall–Kier alpha value is -1.58. The summed E-state index contributed by atoms with van der Waals surface area (Å²) in [5.74, 6) is 0.333. The summed E-state index contributed by atoms with van der Waals surface area (Å²) in [6.45, 7) is 3.42. The zero-order valence-electron chi connectivity index (χ0n) is 7.50. The number of amides is 1. The largest absolute Gasteiger partial charge is 0.460 e. The highest BCUT2D eigenvalue weighted by Gasteiger charge is 2.35. The van der Waals surface area contributed by atoms with Gasteiger partial charge in [-0.05, 0) is 26.0 Å². The summed E-state index contributed by atoms with van der Waals surface area (Å²) in [5, 5.41) is 2.72. The van der Waals surface area contributed by atoms with Crippen LogP contribution in [0.25, 0.3) is 0 Å². The van der Waals surface area contributed by atoms with Crippen LogP contribution >= 0.6 is 0 Å². The molecule has 1 N–H and O–H groups in total. The summed E-state index contributed by atoms with van der Waals surface area (Å²) in [6, 6.07) is 3.51. The van der Waals surface area contributed by atoms with Crippen molar-refractivity contribution < 1.29 is 9.53 Å². The molecule has 2 rings (SSSR count). The molecule has 0 atom stereocenters. The van der Waals surface area contributed by atoms with Gasteiger partial charge in [0.25, 0.3) is 5.91 Å². The van der Waals surface area contributed by atoms with Crippen LogP contribution in [0.2, 0.25) is 0 Å². The average molecular weight is 178 g/mol. The zero-order valence-corrected chi connectivity index (χ0v) is 7.50. The van der Waals surface area contributed by atoms with E-state index in [4.69, 9.17) is 4.74 Å². The molecular formula is C9H10N2O2. The highest BCUT2D eigenvalue weighted by molar-refractivity contribution is 5.99. The van der Waals surface area contributed by atoms with Gasteiger partial charge in [0.1, 0.15) is 5.69 Å². The normalized spacial score (nSPS) is 18.5. The van der Waals surface area contributed by atoms with Crippen molar-refractivity contribution in [2.45, 2.75) is 19.4 Å². The van der Waals surface area contributed by atoms with Crippen molar-refractivity contribution in [2.24, 2.45) is 0 Å². The molecule has 4 heteroatoms. The Labute approximate surface area is 75.9 Å². The van der Waals surface area contributed by atoms with Gasteiger partial charge in [0.05, 0.1) is 0 Å². The van der Waals surface area contributed by atoms with Crippen molar-refractivity contribution in [2.75, 3.05) is 5.32 Å². The molecule has 0 unspecified atom stereocenters. The molecule has 1 aromatic rings. The number of anilines is 1. The lowest BCUT2D eigenvalue weighted by molar-refractivity contribution is -0.129. The Morgan fingerprint density at radius 3 is 3.08 bits per heavy atom. The minimum atomic E-state index is -0.832. The molecule has 0 saturated carbocycles. The number of carbonyl (C=O) groups excluding carboxylic acids is 1. The molecule has 0 aromatic carbocycles. The lowest BCUT2D eigenvalue weighted by Crippen LogP contribution is -2.45. The third-order valence-electron chi connectivity index (χ3n) is 1.92. The summed E-state index contributed by atoms with van der Waals surface area (Å²) >= 11 is 0. The van der Waals surface area contributed by atoms with Gasteiger partial charge in [0.2, 0.25) is 5.88 Å². The van der Waals surface area contributed by atoms with Crippen LogP contribution < -0.4 is 10.1 Å². The third-order valence-corrected chi connectivity index (χ3v) is 1.92. The second-order valence-corrected chi connectivity index (χ2v) is 3.42. The fraction of sp³-hybridized carbons (Fsp3) is 0.333. The number of aromatic nitrogens is 1. The van der Waals surface area contributed by atoms with Crippen LogP contribution in [-0.2, 0) is 4.79 Å². The van der Waals surface area contributed by atoms with Crippen LogP contribution in [0.3, 0.4) is 0 Å². The van der Waals surface area contributed by atoms with Gasteiger partial charge in [-0.25, -0.2) is 4.98 Å². The molecular weight excluding hydrogens is 168 g/mol. The molecule has 0 saturated heterocycles. The Balaban J connectivity index is 2.44. The number of rotatable bonds is 0. The van der Waals surface area contributed by atoms with Gasteiger partial charge in [0.15, 0.2) is 5.60 Å². The number of ether oxygens (including phenoxy) is 1. The van der Waals surface area contributed by atoms with Crippen molar-refractivity contribution >= 4 is 11.6 Å². The smallest absolute Gasteiger partial charge is 0.268 e. The van der Waals surface area contributed by atoms with E-state index in [1.165, 1.54) is 0 Å². The topological polar surface area (TPSA) is 51.2 Å². The van der Waals surface area contributed by atoms with Crippen molar-refractivity contribution in [3.63, 3.8) is 0 Å². The first-order valence-corrected chi connectivity index (χ1v) is 4.05. The molecule has 1 aromatic heterocycles. The van der Waals surface area contributed by atoms with Gasteiger partial charge in [-0.2, -0.15) is 0 Å². The summed E-state index contributed by atoms with van der Waals surface area (Å²) in [6.07, 6.45) is 1.63. The second-order valence-electron chi connectivity index (χ2n) is 3.42. The van der Waals surface area contributed by atoms with Gasteiger partial charge >= 0.3 is 0 Å². The molecule has 2 heterocycles. The van der Waals surface area contributed by atoms with Gasteiger partial charge < -0.3 is 10.1 Å². The van der Waals surface area contributed by atoms with Crippen LogP contribution in [0.15, 0.2) is 18.3 Å². The Bertz CT molecular complexity index is 360. The molecule has 4 nitrogen and oxygen atoms in total. The maximum absolute atomic E-state index is 11.4. The van der Waals surface area contributed by atoms with E-state index in [9.17, 15) is 4.79 Å². The zero-order chi connectivity index (χ0) is 9.47. The summed E-state index contributed by atoms with van der Waals surface area (Å²) in [4.78, 5) is 15.4. The number of nitrogens with zero attached hydrogens (tertiary/aromatic N) is 1. The van der Waals surface area contributed by atoms with Crippen LogP contribution in [0.5, 0.6) is 5.88 Å². The van der Waals surface area contributed by atoms with Crippen LogP contribution in [-0.4, -0.2) is 16.5 Å². The van der Waals surface area contributed by atoms with Crippen molar-refractivity contribution in [3.8, 4) is 5.88 Å². The summed E-state index contributed by atoms with van der Waals surface area (Å²) in [5.41, 5.74) is -0.201. The maximum Gasteiger partial charge on any atom is 0.268 e. The predicted octanol–water partition coefficient (Wildman–Crippen LogP) is 1.19. The maximum atomic E-state index is 11.4. The molecule has 1 aliphatic heterocycles. The molecule has 0 fully saturated rings. The molecule has 0 spiro atoms. The predicted molar refractivity (Wildman–Crippen MR) is 47.6 cm³/mol. The van der Waals surface area contributed by atoms with E-state index in [1.54, 1.807) is 32.2 Å². The Kier molecular flexibility index (Phi) is 1.52.